The lowest BCUT2D eigenvalue weighted by atomic mass is 10.1. The number of nitrogens with zero attached hydrogens (tertiary/aromatic N) is 1. The van der Waals surface area contributed by atoms with Crippen molar-refractivity contribution in [2.24, 2.45) is 0 Å². The van der Waals surface area contributed by atoms with Gasteiger partial charge in [-0.05, 0) is 31.0 Å². The second-order valence-corrected chi connectivity index (χ2v) is 5.52. The molecule has 0 saturated heterocycles. The molecule has 5 nitrogen and oxygen atoms in total. The Labute approximate surface area is 119 Å². The summed E-state index contributed by atoms with van der Waals surface area (Å²) in [6.07, 6.45) is 3.94. The molecule has 2 aromatic rings. The van der Waals surface area contributed by atoms with Gasteiger partial charge >= 0.3 is 5.97 Å². The summed E-state index contributed by atoms with van der Waals surface area (Å²) in [7, 11) is 1.57. The molecule has 0 amide bonds. The van der Waals surface area contributed by atoms with Gasteiger partial charge in [0.15, 0.2) is 0 Å². The van der Waals surface area contributed by atoms with E-state index in [1.807, 2.05) is 0 Å². The zero-order valence-corrected chi connectivity index (χ0v) is 11.6. The maximum Gasteiger partial charge on any atom is 0.335 e. The van der Waals surface area contributed by atoms with Crippen molar-refractivity contribution < 1.29 is 19.4 Å². The molecule has 1 fully saturated rings. The fraction of sp³-hybridized carbons (Fsp3) is 0.286. The van der Waals surface area contributed by atoms with Crippen LogP contribution in [0.5, 0.6) is 10.9 Å². The van der Waals surface area contributed by atoms with E-state index in [2.05, 4.69) is 4.98 Å². The zero-order valence-electron chi connectivity index (χ0n) is 10.8. The van der Waals surface area contributed by atoms with Crippen LogP contribution in [0.4, 0.5) is 0 Å². The average Bonchev–Trinajstić information content (AvgIpc) is 3.13. The third-order valence-corrected chi connectivity index (χ3v) is 3.96. The Kier molecular flexibility index (Phi) is 3.31. The Morgan fingerprint density at radius 2 is 2.25 bits per heavy atom. The second-order valence-electron chi connectivity index (χ2n) is 4.53. The summed E-state index contributed by atoms with van der Waals surface area (Å²) < 4.78 is 10.9. The molecule has 1 aromatic heterocycles. The third kappa shape index (κ3) is 2.60. The molecule has 6 heteroatoms. The minimum Gasteiger partial charge on any atom is -0.490 e. The topological polar surface area (TPSA) is 68.7 Å². The van der Waals surface area contributed by atoms with Crippen LogP contribution >= 0.6 is 11.3 Å². The molecule has 20 heavy (non-hydrogen) atoms. The van der Waals surface area contributed by atoms with Crippen LogP contribution in [0.1, 0.15) is 23.2 Å². The predicted molar refractivity (Wildman–Crippen MR) is 74.7 cm³/mol. The maximum absolute atomic E-state index is 11.1. The molecule has 3 rings (SSSR count). The molecular weight excluding hydrogens is 278 g/mol. The van der Waals surface area contributed by atoms with Crippen molar-refractivity contribution in [1.82, 2.24) is 4.98 Å². The van der Waals surface area contributed by atoms with Gasteiger partial charge in [0, 0.05) is 11.8 Å². The molecule has 1 aromatic carbocycles. The van der Waals surface area contributed by atoms with Crippen molar-refractivity contribution in [3.05, 3.63) is 30.0 Å². The quantitative estimate of drug-likeness (QED) is 0.917. The standard InChI is InChI=1S/C14H13NO4S/c1-18-14-15-7-12(20-14)10-5-2-8(13(16)17)6-11(10)19-9-3-4-9/h2,5-7,9H,3-4H2,1H3,(H,16,17). The molecule has 0 radical (unpaired) electrons. The van der Waals surface area contributed by atoms with Crippen molar-refractivity contribution in [1.29, 1.82) is 0 Å². The van der Waals surface area contributed by atoms with Crippen LogP contribution in [0.15, 0.2) is 24.4 Å². The molecule has 1 heterocycles. The molecule has 1 saturated carbocycles. The normalized spacial score (nSPS) is 14.1. The van der Waals surface area contributed by atoms with Crippen molar-refractivity contribution in [3.8, 4) is 21.4 Å². The number of aromatic carboxylic acids is 1. The lowest BCUT2D eigenvalue weighted by Gasteiger charge is -2.10. The number of ether oxygens (including phenoxy) is 2. The maximum atomic E-state index is 11.1. The lowest BCUT2D eigenvalue weighted by Crippen LogP contribution is -2.01. The minimum absolute atomic E-state index is 0.201. The summed E-state index contributed by atoms with van der Waals surface area (Å²) in [4.78, 5) is 16.1. The summed E-state index contributed by atoms with van der Waals surface area (Å²) in [5, 5.41) is 9.65. The fourth-order valence-corrected chi connectivity index (χ4v) is 2.56. The van der Waals surface area contributed by atoms with Crippen LogP contribution in [-0.4, -0.2) is 29.3 Å². The van der Waals surface area contributed by atoms with Gasteiger partial charge in [0.05, 0.1) is 23.7 Å². The average molecular weight is 291 g/mol. The first-order valence-corrected chi connectivity index (χ1v) is 7.03. The van der Waals surface area contributed by atoms with E-state index in [1.54, 1.807) is 31.5 Å². The molecule has 0 spiro atoms. The molecule has 0 aliphatic heterocycles. The van der Waals surface area contributed by atoms with E-state index < -0.39 is 5.97 Å². The van der Waals surface area contributed by atoms with E-state index in [9.17, 15) is 4.79 Å². The van der Waals surface area contributed by atoms with Crippen LogP contribution in [0, 0.1) is 0 Å². The van der Waals surface area contributed by atoms with Gasteiger partial charge in [-0.25, -0.2) is 9.78 Å². The number of rotatable bonds is 5. The second kappa shape index (κ2) is 5.13. The number of carboxylic acid groups (broad SMARTS) is 1. The number of aromatic nitrogens is 1. The highest BCUT2D eigenvalue weighted by molar-refractivity contribution is 7.16. The monoisotopic (exact) mass is 291 g/mol. The fourth-order valence-electron chi connectivity index (χ4n) is 1.80. The number of carboxylic acids is 1. The van der Waals surface area contributed by atoms with Crippen LogP contribution in [0.3, 0.4) is 0 Å². The third-order valence-electron chi connectivity index (χ3n) is 2.97. The van der Waals surface area contributed by atoms with Crippen molar-refractivity contribution in [3.63, 3.8) is 0 Å². The van der Waals surface area contributed by atoms with E-state index in [0.29, 0.717) is 10.9 Å². The van der Waals surface area contributed by atoms with Gasteiger partial charge < -0.3 is 14.6 Å². The van der Waals surface area contributed by atoms with Crippen LogP contribution in [0.25, 0.3) is 10.4 Å². The highest BCUT2D eigenvalue weighted by Gasteiger charge is 2.25. The molecular formula is C14H13NO4S. The van der Waals surface area contributed by atoms with Gasteiger partial charge in [0.25, 0.3) is 5.19 Å². The summed E-state index contributed by atoms with van der Waals surface area (Å²) in [6, 6.07) is 4.90. The molecule has 1 aliphatic rings. The Morgan fingerprint density at radius 1 is 1.45 bits per heavy atom. The summed E-state index contributed by atoms with van der Waals surface area (Å²) in [5.74, 6) is -0.363. The highest BCUT2D eigenvalue weighted by Crippen LogP contribution is 2.39. The van der Waals surface area contributed by atoms with Gasteiger partial charge in [-0.3, -0.25) is 0 Å². The SMILES string of the molecule is COc1ncc(-c2ccc(C(=O)O)cc2OC2CC2)s1. The number of carbonyl (C=O) groups is 1. The Hall–Kier alpha value is -2.08. The summed E-state index contributed by atoms with van der Waals surface area (Å²) in [5.41, 5.74) is 1.07. The van der Waals surface area contributed by atoms with Gasteiger partial charge in [0.2, 0.25) is 0 Å². The van der Waals surface area contributed by atoms with Crippen LogP contribution in [-0.2, 0) is 0 Å². The number of benzene rings is 1. The largest absolute Gasteiger partial charge is 0.490 e. The van der Waals surface area contributed by atoms with Gasteiger partial charge in [0.1, 0.15) is 5.75 Å². The Balaban J connectivity index is 2.01. The smallest absolute Gasteiger partial charge is 0.335 e. The lowest BCUT2D eigenvalue weighted by molar-refractivity contribution is 0.0696. The van der Waals surface area contributed by atoms with E-state index >= 15 is 0 Å². The minimum atomic E-state index is -0.959. The molecule has 1 aliphatic carbocycles. The van der Waals surface area contributed by atoms with E-state index in [1.165, 1.54) is 11.3 Å². The van der Waals surface area contributed by atoms with Crippen molar-refractivity contribution in [2.75, 3.05) is 7.11 Å². The predicted octanol–water partition coefficient (Wildman–Crippen LogP) is 3.06. The molecule has 104 valence electrons. The van der Waals surface area contributed by atoms with Crippen LogP contribution < -0.4 is 9.47 Å². The number of hydrogen-bond acceptors (Lipinski definition) is 5. The van der Waals surface area contributed by atoms with Gasteiger partial charge in [-0.15, -0.1) is 0 Å². The Morgan fingerprint density at radius 3 is 2.85 bits per heavy atom. The summed E-state index contributed by atoms with van der Waals surface area (Å²) >= 11 is 1.40. The van der Waals surface area contributed by atoms with Gasteiger partial charge in [-0.1, -0.05) is 11.3 Å². The zero-order chi connectivity index (χ0) is 14.1. The number of methoxy groups -OCH3 is 1. The number of thiazole rings is 1. The Bertz CT molecular complexity index is 648. The molecule has 0 unspecified atom stereocenters. The van der Waals surface area contributed by atoms with E-state index in [4.69, 9.17) is 14.6 Å². The molecule has 0 bridgehead atoms. The summed E-state index contributed by atoms with van der Waals surface area (Å²) in [6.45, 7) is 0. The van der Waals surface area contributed by atoms with E-state index in [0.717, 1.165) is 23.3 Å². The first-order valence-electron chi connectivity index (χ1n) is 6.21. The van der Waals surface area contributed by atoms with Crippen LogP contribution in [0.2, 0.25) is 0 Å². The molecule has 1 N–H and O–H groups in total. The van der Waals surface area contributed by atoms with E-state index in [-0.39, 0.29) is 11.7 Å². The van der Waals surface area contributed by atoms with Gasteiger partial charge in [-0.2, -0.15) is 0 Å². The van der Waals surface area contributed by atoms with Crippen molar-refractivity contribution in [2.45, 2.75) is 18.9 Å². The van der Waals surface area contributed by atoms with Crippen molar-refractivity contribution >= 4 is 17.3 Å². The number of hydrogen-bond donors (Lipinski definition) is 1. The first-order chi connectivity index (χ1) is 9.67. The highest BCUT2D eigenvalue weighted by atomic mass is 32.1. The first kappa shape index (κ1) is 12.9. The molecule has 0 atom stereocenters.